The van der Waals surface area contributed by atoms with Gasteiger partial charge in [0, 0.05) is 31.9 Å². The molecule has 0 aliphatic carbocycles. The minimum Gasteiger partial charge on any atom is -0.383 e. The van der Waals surface area contributed by atoms with Gasteiger partial charge >= 0.3 is 0 Å². The molecule has 0 radical (unpaired) electrons. The first kappa shape index (κ1) is 14.7. The van der Waals surface area contributed by atoms with E-state index >= 15 is 0 Å². The molecule has 0 atom stereocenters. The van der Waals surface area contributed by atoms with Crippen LogP contribution in [0.1, 0.15) is 5.56 Å². The number of rotatable bonds is 4. The third kappa shape index (κ3) is 2.89. The number of hydrogen-bond acceptors (Lipinski definition) is 5. The summed E-state index contributed by atoms with van der Waals surface area (Å²) in [7, 11) is 3.71. The Kier molecular flexibility index (Phi) is 3.76. The minimum atomic E-state index is -0.429. The summed E-state index contributed by atoms with van der Waals surface area (Å²) in [5.74, 6) is 0.608. The third-order valence-electron chi connectivity index (χ3n) is 3.39. The van der Waals surface area contributed by atoms with Gasteiger partial charge in [0.25, 0.3) is 5.69 Å². The van der Waals surface area contributed by atoms with Crippen LogP contribution in [0.4, 0.5) is 5.69 Å². The predicted octanol–water partition coefficient (Wildman–Crippen LogP) is 2.86. The fourth-order valence-corrected chi connectivity index (χ4v) is 2.27. The second-order valence-corrected chi connectivity index (χ2v) is 5.26. The molecule has 0 spiro atoms. The van der Waals surface area contributed by atoms with Crippen molar-refractivity contribution < 1.29 is 4.92 Å². The summed E-state index contributed by atoms with van der Waals surface area (Å²) >= 11 is 0. The Morgan fingerprint density at radius 2 is 2.13 bits per heavy atom. The highest BCUT2D eigenvalue weighted by Gasteiger charge is 2.15. The molecule has 0 saturated heterocycles. The Labute approximate surface area is 132 Å². The number of aromatic nitrogens is 3. The maximum atomic E-state index is 11.2. The van der Waals surface area contributed by atoms with Crippen LogP contribution in [0, 0.1) is 10.1 Å². The molecule has 0 aliphatic heterocycles. The van der Waals surface area contributed by atoms with Crippen molar-refractivity contribution in [2.75, 3.05) is 14.1 Å². The molecule has 0 N–H and O–H groups in total. The van der Waals surface area contributed by atoms with E-state index in [0.29, 0.717) is 11.4 Å². The van der Waals surface area contributed by atoms with Gasteiger partial charge in [-0.05, 0) is 30.5 Å². The quantitative estimate of drug-likeness (QED) is 0.547. The average molecular weight is 309 g/mol. The van der Waals surface area contributed by atoms with E-state index in [1.54, 1.807) is 30.7 Å². The second-order valence-electron chi connectivity index (χ2n) is 5.26. The lowest BCUT2D eigenvalue weighted by molar-refractivity contribution is -0.385. The number of pyridine rings is 2. The maximum Gasteiger partial charge on any atom is 0.294 e. The van der Waals surface area contributed by atoms with Gasteiger partial charge in [0.15, 0.2) is 0 Å². The molecular formula is C16H15N5O2. The molecule has 0 unspecified atom stereocenters. The highest BCUT2D eigenvalue weighted by molar-refractivity contribution is 5.80. The highest BCUT2D eigenvalue weighted by Crippen LogP contribution is 2.24. The van der Waals surface area contributed by atoms with Crippen molar-refractivity contribution in [3.05, 3.63) is 64.9 Å². The number of nitrogens with zero attached hydrogens (tertiary/aromatic N) is 5. The summed E-state index contributed by atoms with van der Waals surface area (Å²) in [6.45, 7) is 0. The van der Waals surface area contributed by atoms with Gasteiger partial charge in [0.05, 0.1) is 22.2 Å². The summed E-state index contributed by atoms with van der Waals surface area (Å²) < 4.78 is 1.86. The van der Waals surface area contributed by atoms with E-state index in [-0.39, 0.29) is 5.69 Å². The largest absolute Gasteiger partial charge is 0.383 e. The van der Waals surface area contributed by atoms with E-state index in [1.165, 1.54) is 6.20 Å². The monoisotopic (exact) mass is 309 g/mol. The number of fused-ring (bicyclic) bond motifs is 1. The second kappa shape index (κ2) is 5.88. The van der Waals surface area contributed by atoms with Gasteiger partial charge in [0.2, 0.25) is 0 Å². The van der Waals surface area contributed by atoms with Gasteiger partial charge in [-0.15, -0.1) is 0 Å². The van der Waals surface area contributed by atoms with Crippen molar-refractivity contribution in [3.8, 4) is 5.82 Å². The molecule has 0 aliphatic rings. The molecule has 0 aromatic carbocycles. The Hall–Kier alpha value is -3.22. The molecule has 3 rings (SSSR count). The van der Waals surface area contributed by atoms with E-state index in [4.69, 9.17) is 0 Å². The van der Waals surface area contributed by atoms with Crippen molar-refractivity contribution >= 4 is 22.7 Å². The summed E-state index contributed by atoms with van der Waals surface area (Å²) in [5, 5.41) is 12.2. The van der Waals surface area contributed by atoms with Crippen molar-refractivity contribution in [1.82, 2.24) is 19.4 Å². The van der Waals surface area contributed by atoms with Crippen LogP contribution in [0.2, 0.25) is 0 Å². The summed E-state index contributed by atoms with van der Waals surface area (Å²) in [6.07, 6.45) is 10.1. The van der Waals surface area contributed by atoms with Crippen LogP contribution in [0.25, 0.3) is 22.8 Å². The minimum absolute atomic E-state index is 0.0264. The van der Waals surface area contributed by atoms with E-state index < -0.39 is 4.92 Å². The van der Waals surface area contributed by atoms with Crippen LogP contribution in [0.3, 0.4) is 0 Å². The first-order valence-corrected chi connectivity index (χ1v) is 6.97. The molecule has 0 bridgehead atoms. The predicted molar refractivity (Wildman–Crippen MR) is 88.2 cm³/mol. The Morgan fingerprint density at radius 1 is 1.30 bits per heavy atom. The van der Waals surface area contributed by atoms with Crippen molar-refractivity contribution in [2.45, 2.75) is 0 Å². The van der Waals surface area contributed by atoms with Crippen molar-refractivity contribution in [2.24, 2.45) is 0 Å². The van der Waals surface area contributed by atoms with Gasteiger partial charge in [-0.25, -0.2) is 4.98 Å². The van der Waals surface area contributed by atoms with Crippen LogP contribution in [0.15, 0.2) is 49.2 Å². The normalized spacial score (nSPS) is 11.2. The van der Waals surface area contributed by atoms with Crippen LogP contribution in [0.5, 0.6) is 0 Å². The van der Waals surface area contributed by atoms with Crippen LogP contribution < -0.4 is 0 Å². The fraction of sp³-hybridized carbons (Fsp3) is 0.125. The third-order valence-corrected chi connectivity index (χ3v) is 3.39. The van der Waals surface area contributed by atoms with Crippen molar-refractivity contribution in [1.29, 1.82) is 0 Å². The van der Waals surface area contributed by atoms with E-state index in [9.17, 15) is 10.1 Å². The molecule has 23 heavy (non-hydrogen) atoms. The highest BCUT2D eigenvalue weighted by atomic mass is 16.6. The van der Waals surface area contributed by atoms with Crippen LogP contribution >= 0.6 is 0 Å². The Balaban J connectivity index is 2.14. The molecule has 3 aromatic heterocycles. The van der Waals surface area contributed by atoms with Gasteiger partial charge in [-0.1, -0.05) is 0 Å². The standard InChI is InChI=1S/C16H15N5O2/c1-19(2)7-4-13-9-16(18-11-15(13)21(22)23)20-8-5-12-3-6-17-10-14(12)20/h3-11H,1-2H3. The molecular weight excluding hydrogens is 294 g/mol. The zero-order valence-electron chi connectivity index (χ0n) is 12.7. The molecule has 7 nitrogen and oxygen atoms in total. The molecule has 0 saturated carbocycles. The van der Waals surface area contributed by atoms with E-state index in [2.05, 4.69) is 9.97 Å². The molecule has 0 fully saturated rings. The fourth-order valence-electron chi connectivity index (χ4n) is 2.27. The van der Waals surface area contributed by atoms with Crippen LogP contribution in [-0.4, -0.2) is 38.5 Å². The first-order chi connectivity index (χ1) is 11.1. The molecule has 7 heteroatoms. The van der Waals surface area contributed by atoms with Gasteiger partial charge in [-0.2, -0.15) is 0 Å². The summed E-state index contributed by atoms with van der Waals surface area (Å²) in [5.41, 5.74) is 1.37. The first-order valence-electron chi connectivity index (χ1n) is 6.97. The molecule has 3 heterocycles. The summed E-state index contributed by atoms with van der Waals surface area (Å²) in [4.78, 5) is 20.9. The number of nitro groups is 1. The van der Waals surface area contributed by atoms with E-state index in [0.717, 1.165) is 10.9 Å². The Morgan fingerprint density at radius 3 is 2.87 bits per heavy atom. The maximum absolute atomic E-state index is 11.2. The zero-order valence-corrected chi connectivity index (χ0v) is 12.7. The average Bonchev–Trinajstić information content (AvgIpc) is 2.96. The lowest BCUT2D eigenvalue weighted by Crippen LogP contribution is -2.02. The lowest BCUT2D eigenvalue weighted by Gasteiger charge is -2.07. The smallest absolute Gasteiger partial charge is 0.294 e. The van der Waals surface area contributed by atoms with Gasteiger partial charge in [0.1, 0.15) is 12.0 Å². The van der Waals surface area contributed by atoms with Crippen molar-refractivity contribution in [3.63, 3.8) is 0 Å². The topological polar surface area (TPSA) is 77.1 Å². The summed E-state index contributed by atoms with van der Waals surface area (Å²) in [6, 6.07) is 5.56. The molecule has 0 amide bonds. The van der Waals surface area contributed by atoms with Gasteiger partial charge < -0.3 is 4.90 Å². The molecule has 116 valence electrons. The zero-order chi connectivity index (χ0) is 16.4. The lowest BCUT2D eigenvalue weighted by atomic mass is 10.2. The van der Waals surface area contributed by atoms with Gasteiger partial charge in [-0.3, -0.25) is 19.7 Å². The van der Waals surface area contributed by atoms with Crippen LogP contribution in [-0.2, 0) is 0 Å². The van der Waals surface area contributed by atoms with E-state index in [1.807, 2.05) is 41.9 Å². The Bertz CT molecular complexity index is 898. The number of hydrogen-bond donors (Lipinski definition) is 0. The molecule has 3 aromatic rings. The SMILES string of the molecule is CN(C)C=Cc1cc(-n2ccc3ccncc32)ncc1[N+](=O)[O-].